The van der Waals surface area contributed by atoms with Gasteiger partial charge in [-0.3, -0.25) is 0 Å². The summed E-state index contributed by atoms with van der Waals surface area (Å²) in [4.78, 5) is 3.85. The van der Waals surface area contributed by atoms with E-state index < -0.39 is 17.2 Å². The van der Waals surface area contributed by atoms with Crippen molar-refractivity contribution in [3.63, 3.8) is 0 Å². The third-order valence-electron chi connectivity index (χ3n) is 5.31. The van der Waals surface area contributed by atoms with Gasteiger partial charge in [-0.1, -0.05) is 18.2 Å². The molecule has 1 aromatic heterocycles. The van der Waals surface area contributed by atoms with Crippen molar-refractivity contribution < 1.29 is 28.1 Å². The number of nitrogens with zero attached hydrogens (tertiary/aromatic N) is 3. The highest BCUT2D eigenvalue weighted by Crippen LogP contribution is 2.37. The van der Waals surface area contributed by atoms with Crippen LogP contribution in [-0.2, 0) is 12.1 Å². The molecule has 1 unspecified atom stereocenters. The zero-order valence-corrected chi connectivity index (χ0v) is 18.5. The maximum Gasteiger partial charge on any atom is 0.161 e. The van der Waals surface area contributed by atoms with Gasteiger partial charge in [0.25, 0.3) is 0 Å². The van der Waals surface area contributed by atoms with Crippen molar-refractivity contribution >= 4 is 0 Å². The Morgan fingerprint density at radius 3 is 2.56 bits per heavy atom. The van der Waals surface area contributed by atoms with Gasteiger partial charge in [-0.05, 0) is 42.0 Å². The highest BCUT2D eigenvalue weighted by molar-refractivity contribution is 5.72. The van der Waals surface area contributed by atoms with E-state index in [2.05, 4.69) is 16.1 Å². The van der Waals surface area contributed by atoms with Gasteiger partial charge in [0.2, 0.25) is 0 Å². The van der Waals surface area contributed by atoms with Crippen molar-refractivity contribution in [2.45, 2.75) is 12.1 Å². The number of halogens is 2. The van der Waals surface area contributed by atoms with Crippen LogP contribution in [0.15, 0.2) is 67.3 Å². The van der Waals surface area contributed by atoms with Crippen LogP contribution in [0.2, 0.25) is 0 Å². The van der Waals surface area contributed by atoms with E-state index in [-0.39, 0.29) is 18.7 Å². The summed E-state index contributed by atoms with van der Waals surface area (Å²) in [5.74, 6) is -0.267. The monoisotopic (exact) mass is 466 g/mol. The first-order chi connectivity index (χ1) is 16.4. The molecule has 0 bridgehead atoms. The summed E-state index contributed by atoms with van der Waals surface area (Å²) in [6.07, 6.45) is 2.67. The molecule has 0 aliphatic carbocycles. The van der Waals surface area contributed by atoms with Crippen molar-refractivity contribution in [2.75, 3.05) is 20.8 Å². The Labute approximate surface area is 195 Å². The van der Waals surface area contributed by atoms with Crippen LogP contribution >= 0.6 is 0 Å². The van der Waals surface area contributed by atoms with Crippen molar-refractivity contribution in [3.8, 4) is 28.4 Å². The zero-order valence-electron chi connectivity index (χ0n) is 18.5. The van der Waals surface area contributed by atoms with Crippen molar-refractivity contribution in [1.29, 1.82) is 0 Å². The first-order valence-corrected chi connectivity index (χ1v) is 10.3. The summed E-state index contributed by atoms with van der Waals surface area (Å²) in [6.45, 7) is -0.541. The van der Waals surface area contributed by atoms with E-state index in [0.29, 0.717) is 23.3 Å². The normalized spacial score (nSPS) is 12.7. The summed E-state index contributed by atoms with van der Waals surface area (Å²) in [7, 11) is 3.07. The molecule has 1 radical (unpaired) electrons. The van der Waals surface area contributed by atoms with Gasteiger partial charge in [0.1, 0.15) is 42.2 Å². The van der Waals surface area contributed by atoms with Crippen LogP contribution in [0.4, 0.5) is 8.78 Å². The molecule has 0 saturated carbocycles. The number of aromatic nitrogens is 3. The van der Waals surface area contributed by atoms with Crippen LogP contribution in [0, 0.1) is 17.7 Å². The molecule has 0 aliphatic heterocycles. The maximum absolute atomic E-state index is 14.6. The van der Waals surface area contributed by atoms with Crippen molar-refractivity contribution in [1.82, 2.24) is 14.8 Å². The fraction of sp³-hybridized carbons (Fsp3) is 0.200. The highest BCUT2D eigenvalue weighted by atomic mass is 19.1. The van der Waals surface area contributed by atoms with Crippen LogP contribution in [0.3, 0.4) is 0 Å². The Morgan fingerprint density at radius 2 is 1.85 bits per heavy atom. The second-order valence-corrected chi connectivity index (χ2v) is 7.53. The Morgan fingerprint density at radius 1 is 1.03 bits per heavy atom. The maximum atomic E-state index is 14.6. The van der Waals surface area contributed by atoms with Crippen LogP contribution < -0.4 is 14.2 Å². The fourth-order valence-electron chi connectivity index (χ4n) is 3.63. The Bertz CT molecular complexity index is 1270. The number of ether oxygens (including phenoxy) is 3. The summed E-state index contributed by atoms with van der Waals surface area (Å²) in [5.41, 5.74) is -0.400. The molecular formula is C25H22F2N3O4. The van der Waals surface area contributed by atoms with Gasteiger partial charge in [0.15, 0.2) is 11.5 Å². The molecular weight excluding hydrogens is 444 g/mol. The first kappa shape index (κ1) is 23.2. The molecule has 1 heterocycles. The number of benzene rings is 3. The number of rotatable bonds is 9. The van der Waals surface area contributed by atoms with Gasteiger partial charge in [0, 0.05) is 17.2 Å². The minimum absolute atomic E-state index is 0.135. The van der Waals surface area contributed by atoms with Gasteiger partial charge in [0.05, 0.1) is 20.8 Å². The summed E-state index contributed by atoms with van der Waals surface area (Å²) < 4.78 is 46.2. The number of aliphatic hydroxyl groups is 1. The van der Waals surface area contributed by atoms with E-state index in [4.69, 9.17) is 14.2 Å². The molecule has 7 nitrogen and oxygen atoms in total. The third kappa shape index (κ3) is 4.84. The van der Waals surface area contributed by atoms with E-state index in [1.807, 2.05) is 0 Å². The molecule has 175 valence electrons. The molecule has 0 saturated heterocycles. The second kappa shape index (κ2) is 9.88. The molecule has 34 heavy (non-hydrogen) atoms. The lowest BCUT2D eigenvalue weighted by molar-refractivity contribution is -0.0302. The fourth-order valence-corrected chi connectivity index (χ4v) is 3.63. The smallest absolute Gasteiger partial charge is 0.161 e. The van der Waals surface area contributed by atoms with E-state index in [9.17, 15) is 13.9 Å². The zero-order chi connectivity index (χ0) is 24.1. The van der Waals surface area contributed by atoms with Gasteiger partial charge in [-0.25, -0.2) is 18.4 Å². The Balaban J connectivity index is 1.64. The first-order valence-electron chi connectivity index (χ1n) is 10.3. The van der Waals surface area contributed by atoms with E-state index in [0.717, 1.165) is 17.2 Å². The van der Waals surface area contributed by atoms with Crippen molar-refractivity contribution in [2.24, 2.45) is 0 Å². The number of hydrogen-bond acceptors (Lipinski definition) is 6. The van der Waals surface area contributed by atoms with Gasteiger partial charge in [-0.2, -0.15) is 5.10 Å². The SMILES string of the molecule is COc1cc(-c2c[c]ccc2OC)ccc1OCC(O)(Cn1cncn1)c1ccc(F)cc1F. The van der Waals surface area contributed by atoms with E-state index in [1.54, 1.807) is 43.5 Å². The van der Waals surface area contributed by atoms with E-state index in [1.165, 1.54) is 30.5 Å². The quantitative estimate of drug-likeness (QED) is 0.402. The van der Waals surface area contributed by atoms with Gasteiger partial charge >= 0.3 is 0 Å². The molecule has 1 atom stereocenters. The average molecular weight is 466 g/mol. The minimum atomic E-state index is -1.88. The second-order valence-electron chi connectivity index (χ2n) is 7.53. The lowest BCUT2D eigenvalue weighted by atomic mass is 9.94. The lowest BCUT2D eigenvalue weighted by Crippen LogP contribution is -2.39. The predicted molar refractivity (Wildman–Crippen MR) is 120 cm³/mol. The molecule has 0 spiro atoms. The van der Waals surface area contributed by atoms with Crippen LogP contribution in [0.25, 0.3) is 11.1 Å². The highest BCUT2D eigenvalue weighted by Gasteiger charge is 2.35. The molecule has 4 aromatic rings. The molecule has 3 aromatic carbocycles. The summed E-state index contributed by atoms with van der Waals surface area (Å²) in [6, 6.07) is 16.6. The molecule has 4 rings (SSSR count). The summed E-state index contributed by atoms with van der Waals surface area (Å²) in [5, 5.41) is 15.4. The van der Waals surface area contributed by atoms with Crippen LogP contribution in [0.5, 0.6) is 17.2 Å². The standard InChI is InChI=1S/C25H22F2N3O4/c1-32-22-6-4-3-5-19(22)17-7-10-23(24(11-17)33-2)34-14-25(31,13-30-16-28-15-29-30)20-9-8-18(26)12-21(20)27/h4-12,15-16,31H,13-14H2,1-2H3. The largest absolute Gasteiger partial charge is 0.496 e. The minimum Gasteiger partial charge on any atom is -0.496 e. The number of hydrogen-bond donors (Lipinski definition) is 1. The lowest BCUT2D eigenvalue weighted by Gasteiger charge is -2.29. The van der Waals surface area contributed by atoms with Crippen LogP contribution in [-0.4, -0.2) is 40.7 Å². The molecule has 0 aliphatic rings. The predicted octanol–water partition coefficient (Wildman–Crippen LogP) is 4.01. The number of methoxy groups -OCH3 is 2. The third-order valence-corrected chi connectivity index (χ3v) is 5.31. The summed E-state index contributed by atoms with van der Waals surface area (Å²) >= 11 is 0. The van der Waals surface area contributed by atoms with Gasteiger partial charge in [-0.15, -0.1) is 0 Å². The topological polar surface area (TPSA) is 78.6 Å². The van der Waals surface area contributed by atoms with Gasteiger partial charge < -0.3 is 19.3 Å². The molecule has 9 heteroatoms. The Kier molecular flexibility index (Phi) is 6.74. The molecule has 1 N–H and O–H groups in total. The van der Waals surface area contributed by atoms with Crippen LogP contribution in [0.1, 0.15) is 5.56 Å². The molecule has 0 amide bonds. The molecule has 0 fully saturated rings. The van der Waals surface area contributed by atoms with Crippen molar-refractivity contribution in [3.05, 3.63) is 90.5 Å². The average Bonchev–Trinajstić information content (AvgIpc) is 3.35. The Hall–Kier alpha value is -3.98. The van der Waals surface area contributed by atoms with E-state index >= 15 is 0 Å².